The third-order valence-electron chi connectivity index (χ3n) is 2.57. The summed E-state index contributed by atoms with van der Waals surface area (Å²) in [5.41, 5.74) is 0. The van der Waals surface area contributed by atoms with Gasteiger partial charge in [0.15, 0.2) is 9.84 Å². The van der Waals surface area contributed by atoms with E-state index in [9.17, 15) is 8.42 Å². The van der Waals surface area contributed by atoms with E-state index >= 15 is 0 Å². The minimum Gasteiger partial charge on any atom is -0.315 e. The maximum Gasteiger partial charge on any atom is 0.175 e. The van der Waals surface area contributed by atoms with Crippen molar-refractivity contribution in [1.82, 2.24) is 5.32 Å². The summed E-state index contributed by atoms with van der Waals surface area (Å²) in [7, 11) is -3.09. The summed E-state index contributed by atoms with van der Waals surface area (Å²) in [6.45, 7) is 8.53. The summed E-state index contributed by atoms with van der Waals surface area (Å²) < 4.78 is 22.7. The van der Waals surface area contributed by atoms with Gasteiger partial charge in [-0.3, -0.25) is 0 Å². The molecule has 1 atom stereocenters. The van der Waals surface area contributed by atoms with Crippen molar-refractivity contribution in [2.45, 2.75) is 35.8 Å². The van der Waals surface area contributed by atoms with E-state index in [0.29, 0.717) is 16.1 Å². The minimum atomic E-state index is -3.09. The van der Waals surface area contributed by atoms with Crippen LogP contribution in [0, 0.1) is 5.92 Å². The number of nitrogens with one attached hydrogen (secondary N) is 1. The smallest absolute Gasteiger partial charge is 0.175 e. The van der Waals surface area contributed by atoms with Gasteiger partial charge in [0.25, 0.3) is 0 Å². The Kier molecular flexibility index (Phi) is 6.36. The molecule has 0 saturated carbocycles. The molecule has 0 heterocycles. The Morgan fingerprint density at radius 1 is 1.11 bits per heavy atom. The zero-order valence-corrected chi connectivity index (χ0v) is 13.6. The normalized spacial score (nSPS) is 13.7. The predicted octanol–water partition coefficient (Wildman–Crippen LogP) is 2.82. The lowest BCUT2D eigenvalue weighted by Crippen LogP contribution is -2.26. The molecule has 5 heteroatoms. The van der Waals surface area contributed by atoms with Gasteiger partial charge in [0.2, 0.25) is 0 Å². The maximum absolute atomic E-state index is 11.4. The first-order chi connectivity index (χ1) is 8.79. The Morgan fingerprint density at radius 2 is 1.68 bits per heavy atom. The third-order valence-corrected chi connectivity index (χ3v) is 4.82. The average Bonchev–Trinajstić information content (AvgIpc) is 2.27. The molecule has 0 fully saturated rings. The molecule has 108 valence electrons. The van der Waals surface area contributed by atoms with Crippen molar-refractivity contribution >= 4 is 21.6 Å². The van der Waals surface area contributed by atoms with E-state index in [1.165, 1.54) is 6.26 Å². The van der Waals surface area contributed by atoms with E-state index in [0.717, 1.165) is 18.0 Å². The minimum absolute atomic E-state index is 0.377. The Morgan fingerprint density at radius 3 is 2.16 bits per heavy atom. The molecule has 0 spiro atoms. The number of rotatable bonds is 7. The van der Waals surface area contributed by atoms with Gasteiger partial charge in [0, 0.05) is 22.9 Å². The van der Waals surface area contributed by atoms with Gasteiger partial charge in [-0.1, -0.05) is 20.8 Å². The lowest BCUT2D eigenvalue weighted by atomic mass is 10.2. The highest BCUT2D eigenvalue weighted by Crippen LogP contribution is 2.24. The Labute approximate surface area is 121 Å². The van der Waals surface area contributed by atoms with Crippen LogP contribution in [0.2, 0.25) is 0 Å². The molecular formula is C14H23NO2S2. The summed E-state index contributed by atoms with van der Waals surface area (Å²) in [6.07, 6.45) is 1.23. The first kappa shape index (κ1) is 16.5. The molecule has 0 bridgehead atoms. The van der Waals surface area contributed by atoms with Gasteiger partial charge in [0.1, 0.15) is 0 Å². The van der Waals surface area contributed by atoms with Crippen molar-refractivity contribution in [2.75, 3.05) is 19.3 Å². The Bertz CT molecular complexity index is 481. The number of thioether (sulfide) groups is 1. The van der Waals surface area contributed by atoms with Crippen LogP contribution in [0.1, 0.15) is 20.8 Å². The van der Waals surface area contributed by atoms with Gasteiger partial charge in [-0.25, -0.2) is 8.42 Å². The number of benzene rings is 1. The monoisotopic (exact) mass is 301 g/mol. The van der Waals surface area contributed by atoms with Crippen LogP contribution in [0.15, 0.2) is 34.1 Å². The highest BCUT2D eigenvalue weighted by Gasteiger charge is 2.08. The lowest BCUT2D eigenvalue weighted by molar-refractivity contribution is 0.554. The highest BCUT2D eigenvalue weighted by molar-refractivity contribution is 8.00. The zero-order chi connectivity index (χ0) is 14.5. The van der Waals surface area contributed by atoms with Gasteiger partial charge in [0.05, 0.1) is 4.90 Å². The van der Waals surface area contributed by atoms with Crippen molar-refractivity contribution < 1.29 is 8.42 Å². The van der Waals surface area contributed by atoms with Gasteiger partial charge >= 0.3 is 0 Å². The number of sulfone groups is 1. The summed E-state index contributed by atoms with van der Waals surface area (Å²) in [5.74, 6) is 0.659. The van der Waals surface area contributed by atoms with Crippen molar-refractivity contribution in [3.05, 3.63) is 24.3 Å². The number of hydrogen-bond acceptors (Lipinski definition) is 4. The standard InChI is InChI=1S/C14H23NO2S2/c1-11(2)9-15-10-12(3)18-13-5-7-14(8-6-13)19(4,16)17/h5-8,11-12,15H,9-10H2,1-4H3. The molecule has 0 aliphatic heterocycles. The van der Waals surface area contributed by atoms with Gasteiger partial charge < -0.3 is 5.32 Å². The predicted molar refractivity (Wildman–Crippen MR) is 82.6 cm³/mol. The quantitative estimate of drug-likeness (QED) is 0.787. The molecule has 0 aliphatic rings. The molecule has 0 saturated heterocycles. The topological polar surface area (TPSA) is 46.2 Å². The first-order valence-electron chi connectivity index (χ1n) is 6.46. The van der Waals surface area contributed by atoms with Crippen LogP contribution in [0.4, 0.5) is 0 Å². The second-order valence-corrected chi connectivity index (χ2v) is 8.75. The molecular weight excluding hydrogens is 278 g/mol. The van der Waals surface area contributed by atoms with Crippen molar-refractivity contribution in [3.63, 3.8) is 0 Å². The summed E-state index contributed by atoms with van der Waals surface area (Å²) in [6, 6.07) is 7.10. The average molecular weight is 301 g/mol. The first-order valence-corrected chi connectivity index (χ1v) is 9.23. The molecule has 1 rings (SSSR count). The molecule has 0 aliphatic carbocycles. The number of hydrogen-bond donors (Lipinski definition) is 1. The fourth-order valence-electron chi connectivity index (χ4n) is 1.61. The van der Waals surface area contributed by atoms with E-state index in [1.807, 2.05) is 12.1 Å². The fraction of sp³-hybridized carbons (Fsp3) is 0.571. The van der Waals surface area contributed by atoms with Crippen molar-refractivity contribution in [3.8, 4) is 0 Å². The molecule has 1 aromatic rings. The van der Waals surface area contributed by atoms with Gasteiger partial charge in [-0.2, -0.15) is 0 Å². The maximum atomic E-state index is 11.4. The zero-order valence-electron chi connectivity index (χ0n) is 12.0. The molecule has 1 unspecified atom stereocenters. The largest absolute Gasteiger partial charge is 0.315 e. The van der Waals surface area contributed by atoms with Crippen LogP contribution in [0.3, 0.4) is 0 Å². The van der Waals surface area contributed by atoms with E-state index in [4.69, 9.17) is 0 Å². The molecule has 1 aromatic carbocycles. The second-order valence-electron chi connectivity index (χ2n) is 5.22. The van der Waals surface area contributed by atoms with Crippen LogP contribution in [0.5, 0.6) is 0 Å². The van der Waals surface area contributed by atoms with Gasteiger partial charge in [-0.15, -0.1) is 11.8 Å². The van der Waals surface area contributed by atoms with Gasteiger partial charge in [-0.05, 0) is 36.7 Å². The highest BCUT2D eigenvalue weighted by atomic mass is 32.2. The van der Waals surface area contributed by atoms with E-state index < -0.39 is 9.84 Å². The SMILES string of the molecule is CC(C)CNCC(C)Sc1ccc(S(C)(=O)=O)cc1. The summed E-state index contributed by atoms with van der Waals surface area (Å²) in [5, 5.41) is 3.88. The molecule has 0 amide bonds. The van der Waals surface area contributed by atoms with E-state index in [-0.39, 0.29) is 0 Å². The molecule has 0 radical (unpaired) electrons. The van der Waals surface area contributed by atoms with Crippen LogP contribution >= 0.6 is 11.8 Å². The Balaban J connectivity index is 2.49. The summed E-state index contributed by atoms with van der Waals surface area (Å²) in [4.78, 5) is 1.48. The van der Waals surface area contributed by atoms with Crippen LogP contribution in [-0.4, -0.2) is 33.0 Å². The van der Waals surface area contributed by atoms with Crippen LogP contribution < -0.4 is 5.32 Å². The molecule has 19 heavy (non-hydrogen) atoms. The molecule has 3 nitrogen and oxygen atoms in total. The lowest BCUT2D eigenvalue weighted by Gasteiger charge is -2.13. The second kappa shape index (κ2) is 7.31. The molecule has 1 N–H and O–H groups in total. The molecule has 0 aromatic heterocycles. The van der Waals surface area contributed by atoms with Crippen LogP contribution in [0.25, 0.3) is 0 Å². The third kappa shape index (κ3) is 6.45. The van der Waals surface area contributed by atoms with Crippen LogP contribution in [-0.2, 0) is 9.84 Å². The summed E-state index contributed by atoms with van der Waals surface area (Å²) >= 11 is 1.76. The van der Waals surface area contributed by atoms with Crippen molar-refractivity contribution in [1.29, 1.82) is 0 Å². The fourth-order valence-corrected chi connectivity index (χ4v) is 3.20. The van der Waals surface area contributed by atoms with Crippen molar-refractivity contribution in [2.24, 2.45) is 5.92 Å². The van der Waals surface area contributed by atoms with E-state index in [2.05, 4.69) is 26.1 Å². The van der Waals surface area contributed by atoms with E-state index in [1.54, 1.807) is 23.9 Å². The Hall–Kier alpha value is -0.520.